The number of hydrogen-bond donors (Lipinski definition) is 2. The molecule has 5 rings (SSSR count). The Hall–Kier alpha value is -3.53. The summed E-state index contributed by atoms with van der Waals surface area (Å²) in [5.41, 5.74) is 2.62. The third-order valence-electron chi connectivity index (χ3n) is 6.60. The zero-order chi connectivity index (χ0) is 24.2. The molecule has 2 N–H and O–H groups in total. The highest BCUT2D eigenvalue weighted by Crippen LogP contribution is 2.31. The smallest absolute Gasteiger partial charge is 0.270 e. The van der Waals surface area contributed by atoms with Crippen molar-refractivity contribution in [1.82, 2.24) is 30.5 Å². The fraction of sp³-hybridized carbons (Fsp3) is 0.480. The largest absolute Gasteiger partial charge is 0.486 e. The molecule has 3 heterocycles. The number of aliphatic hydroxyl groups is 1. The SMILES string of the molecule is Cc1cc(-c2nnn(CC3CCC(CO)CC3)n2)cc(C(=O)NCc2ccc3c(c2)OCCO3)n1. The van der Waals surface area contributed by atoms with Crippen LogP contribution in [0.2, 0.25) is 0 Å². The molecule has 10 heteroatoms. The Bertz CT molecular complexity index is 1190. The molecule has 0 radical (unpaired) electrons. The second-order valence-electron chi connectivity index (χ2n) is 9.28. The molecule has 10 nitrogen and oxygen atoms in total. The molecule has 1 aromatic carbocycles. The van der Waals surface area contributed by atoms with Gasteiger partial charge in [-0.2, -0.15) is 4.80 Å². The summed E-state index contributed by atoms with van der Waals surface area (Å²) >= 11 is 0. The van der Waals surface area contributed by atoms with Gasteiger partial charge in [-0.25, -0.2) is 4.98 Å². The number of aryl methyl sites for hydroxylation is 1. The van der Waals surface area contributed by atoms with E-state index in [1.165, 1.54) is 0 Å². The molecule has 184 valence electrons. The minimum absolute atomic E-state index is 0.270. The first-order valence-electron chi connectivity index (χ1n) is 12.1. The maximum Gasteiger partial charge on any atom is 0.270 e. The number of nitrogens with zero attached hydrogens (tertiary/aromatic N) is 5. The topological polar surface area (TPSA) is 124 Å². The van der Waals surface area contributed by atoms with E-state index in [9.17, 15) is 9.90 Å². The second kappa shape index (κ2) is 10.4. The summed E-state index contributed by atoms with van der Waals surface area (Å²) in [6.45, 7) is 4.21. The molecule has 0 bridgehead atoms. The standard InChI is InChI=1S/C25H30N6O4/c1-16-10-20(24-28-30-31(29-24)14-17-2-4-18(15-32)5-3-17)12-21(27-16)25(33)26-13-19-6-7-22-23(11-19)35-9-8-34-22/h6-7,10-12,17-18,32H,2-5,8-9,13-15H2,1H3,(H,26,33). The number of nitrogens with one attached hydrogen (secondary N) is 1. The number of pyridine rings is 1. The molecule has 2 aromatic heterocycles. The van der Waals surface area contributed by atoms with Gasteiger partial charge in [0.2, 0.25) is 5.82 Å². The van der Waals surface area contributed by atoms with Crippen LogP contribution in [0.15, 0.2) is 30.3 Å². The number of tetrazole rings is 1. The molecule has 2 aliphatic rings. The van der Waals surface area contributed by atoms with Crippen LogP contribution in [-0.2, 0) is 13.1 Å². The van der Waals surface area contributed by atoms with E-state index in [0.29, 0.717) is 66.7 Å². The monoisotopic (exact) mass is 478 g/mol. The number of carbonyl (C=O) groups excluding carboxylic acids is 1. The average molecular weight is 479 g/mol. The van der Waals surface area contributed by atoms with E-state index in [1.54, 1.807) is 10.9 Å². The molecule has 0 unspecified atom stereocenters. The van der Waals surface area contributed by atoms with Gasteiger partial charge in [-0.05, 0) is 79.5 Å². The number of benzene rings is 1. The summed E-state index contributed by atoms with van der Waals surface area (Å²) < 4.78 is 11.2. The van der Waals surface area contributed by atoms with E-state index in [1.807, 2.05) is 31.2 Å². The van der Waals surface area contributed by atoms with E-state index in [-0.39, 0.29) is 12.5 Å². The number of hydrogen-bond acceptors (Lipinski definition) is 8. The summed E-state index contributed by atoms with van der Waals surface area (Å²) in [6, 6.07) is 9.18. The molecule has 0 saturated heterocycles. The lowest BCUT2D eigenvalue weighted by Gasteiger charge is -2.26. The maximum absolute atomic E-state index is 12.9. The number of rotatable bonds is 7. The van der Waals surface area contributed by atoms with Crippen molar-refractivity contribution in [3.63, 3.8) is 0 Å². The van der Waals surface area contributed by atoms with Crippen LogP contribution in [0.5, 0.6) is 11.5 Å². The van der Waals surface area contributed by atoms with E-state index in [0.717, 1.165) is 37.0 Å². The summed E-state index contributed by atoms with van der Waals surface area (Å²) in [5.74, 6) is 2.51. The number of carbonyl (C=O) groups is 1. The first-order chi connectivity index (χ1) is 17.1. The molecule has 1 aliphatic carbocycles. The quantitative estimate of drug-likeness (QED) is 0.531. The molecule has 1 aliphatic heterocycles. The molecular formula is C25H30N6O4. The normalized spacial score (nSPS) is 19.4. The van der Waals surface area contributed by atoms with Gasteiger partial charge >= 0.3 is 0 Å². The molecule has 1 amide bonds. The predicted octanol–water partition coefficient (Wildman–Crippen LogP) is 2.54. The van der Waals surface area contributed by atoms with Crippen molar-refractivity contribution in [1.29, 1.82) is 0 Å². The molecule has 1 fully saturated rings. The number of aromatic nitrogens is 5. The molecular weight excluding hydrogens is 448 g/mol. The first-order valence-corrected chi connectivity index (χ1v) is 12.1. The van der Waals surface area contributed by atoms with Crippen molar-refractivity contribution in [2.24, 2.45) is 11.8 Å². The maximum atomic E-state index is 12.9. The summed E-state index contributed by atoms with van der Waals surface area (Å²) in [7, 11) is 0. The molecule has 0 spiro atoms. The van der Waals surface area contributed by atoms with Gasteiger partial charge < -0.3 is 19.9 Å². The minimum atomic E-state index is -0.280. The fourth-order valence-electron chi connectivity index (χ4n) is 4.65. The second-order valence-corrected chi connectivity index (χ2v) is 9.28. The number of amides is 1. The van der Waals surface area contributed by atoms with Crippen LogP contribution in [0.1, 0.15) is 47.4 Å². The Balaban J connectivity index is 1.23. The van der Waals surface area contributed by atoms with Gasteiger partial charge in [0.15, 0.2) is 11.5 Å². The van der Waals surface area contributed by atoms with Crippen molar-refractivity contribution in [3.8, 4) is 22.9 Å². The van der Waals surface area contributed by atoms with Gasteiger partial charge in [0.1, 0.15) is 18.9 Å². The van der Waals surface area contributed by atoms with Gasteiger partial charge in [-0.3, -0.25) is 4.79 Å². The third kappa shape index (κ3) is 5.59. The van der Waals surface area contributed by atoms with Crippen LogP contribution in [-0.4, -0.2) is 56.0 Å². The number of ether oxygens (including phenoxy) is 2. The molecule has 0 atom stereocenters. The first kappa shape index (κ1) is 23.2. The van der Waals surface area contributed by atoms with E-state index in [4.69, 9.17) is 9.47 Å². The van der Waals surface area contributed by atoms with Crippen molar-refractivity contribution < 1.29 is 19.4 Å². The van der Waals surface area contributed by atoms with Gasteiger partial charge in [0, 0.05) is 24.4 Å². The van der Waals surface area contributed by atoms with Crippen molar-refractivity contribution in [2.75, 3.05) is 19.8 Å². The summed E-state index contributed by atoms with van der Waals surface area (Å²) in [6.07, 6.45) is 4.20. The predicted molar refractivity (Wildman–Crippen MR) is 127 cm³/mol. The lowest BCUT2D eigenvalue weighted by atomic mass is 9.82. The van der Waals surface area contributed by atoms with Gasteiger partial charge in [0.05, 0.1) is 6.54 Å². The molecule has 3 aromatic rings. The Morgan fingerprint density at radius 3 is 2.66 bits per heavy atom. The van der Waals surface area contributed by atoms with Crippen molar-refractivity contribution in [2.45, 2.75) is 45.7 Å². The minimum Gasteiger partial charge on any atom is -0.486 e. The number of fused-ring (bicyclic) bond motifs is 1. The zero-order valence-electron chi connectivity index (χ0n) is 19.8. The molecule has 1 saturated carbocycles. The van der Waals surface area contributed by atoms with Crippen LogP contribution in [0.4, 0.5) is 0 Å². The average Bonchev–Trinajstić information content (AvgIpc) is 3.36. The Labute approximate surface area is 203 Å². The van der Waals surface area contributed by atoms with Crippen molar-refractivity contribution >= 4 is 5.91 Å². The van der Waals surface area contributed by atoms with E-state index in [2.05, 4.69) is 25.7 Å². The van der Waals surface area contributed by atoms with E-state index >= 15 is 0 Å². The highest BCUT2D eigenvalue weighted by molar-refractivity contribution is 5.93. The van der Waals surface area contributed by atoms with Gasteiger partial charge in [-0.1, -0.05) is 6.07 Å². The third-order valence-corrected chi connectivity index (χ3v) is 6.60. The van der Waals surface area contributed by atoms with Gasteiger partial charge in [-0.15, -0.1) is 10.2 Å². The lowest BCUT2D eigenvalue weighted by Crippen LogP contribution is -2.24. The van der Waals surface area contributed by atoms with E-state index < -0.39 is 0 Å². The van der Waals surface area contributed by atoms with Crippen LogP contribution >= 0.6 is 0 Å². The number of aliphatic hydroxyl groups excluding tert-OH is 1. The van der Waals surface area contributed by atoms with Crippen molar-refractivity contribution in [3.05, 3.63) is 47.3 Å². The fourth-order valence-corrected chi connectivity index (χ4v) is 4.65. The van der Waals surface area contributed by atoms with Crippen LogP contribution in [0, 0.1) is 18.8 Å². The Kier molecular flexibility index (Phi) is 6.89. The zero-order valence-corrected chi connectivity index (χ0v) is 19.8. The molecule has 35 heavy (non-hydrogen) atoms. The lowest BCUT2D eigenvalue weighted by molar-refractivity contribution is 0.0945. The summed E-state index contributed by atoms with van der Waals surface area (Å²) in [4.78, 5) is 18.9. The highest BCUT2D eigenvalue weighted by Gasteiger charge is 2.22. The van der Waals surface area contributed by atoms with Crippen LogP contribution in [0.3, 0.4) is 0 Å². The van der Waals surface area contributed by atoms with Gasteiger partial charge in [0.25, 0.3) is 5.91 Å². The highest BCUT2D eigenvalue weighted by atomic mass is 16.6. The van der Waals surface area contributed by atoms with Crippen LogP contribution in [0.25, 0.3) is 11.4 Å². The summed E-state index contributed by atoms with van der Waals surface area (Å²) in [5, 5.41) is 25.2. The van der Waals surface area contributed by atoms with Crippen LogP contribution < -0.4 is 14.8 Å². The Morgan fingerprint density at radius 1 is 1.09 bits per heavy atom. The Morgan fingerprint density at radius 2 is 1.86 bits per heavy atom.